The molecule has 14 heavy (non-hydrogen) atoms. The predicted octanol–water partition coefficient (Wildman–Crippen LogP) is -0.0216. The van der Waals surface area contributed by atoms with Crippen LogP contribution in [0.5, 0.6) is 0 Å². The van der Waals surface area contributed by atoms with Gasteiger partial charge in [-0.05, 0) is 26.3 Å². The van der Waals surface area contributed by atoms with E-state index in [1.165, 1.54) is 9.80 Å². The van der Waals surface area contributed by atoms with Crippen molar-refractivity contribution in [3.05, 3.63) is 0 Å². The van der Waals surface area contributed by atoms with Crippen molar-refractivity contribution in [3.8, 4) is 0 Å². The maximum Gasteiger partial charge on any atom is 0.328 e. The largest absolute Gasteiger partial charge is 0.328 e. The highest BCUT2D eigenvalue weighted by Gasteiger charge is 2.44. The third-order valence-corrected chi connectivity index (χ3v) is 3.03. The molecule has 2 aliphatic heterocycles. The fourth-order valence-corrected chi connectivity index (χ4v) is 1.97. The highest BCUT2D eigenvalue weighted by atomic mass is 16.2. The van der Waals surface area contributed by atoms with E-state index in [0.29, 0.717) is 0 Å². The van der Waals surface area contributed by atoms with E-state index in [4.69, 9.17) is 0 Å². The number of carbonyl (C=O) groups excluding carboxylic acids is 2. The van der Waals surface area contributed by atoms with Gasteiger partial charge in [-0.2, -0.15) is 0 Å². The second kappa shape index (κ2) is 3.24. The zero-order chi connectivity index (χ0) is 10.3. The monoisotopic (exact) mass is 197 g/mol. The lowest BCUT2D eigenvalue weighted by atomic mass is 10.3. The predicted molar refractivity (Wildman–Crippen MR) is 50.5 cm³/mol. The fourth-order valence-electron chi connectivity index (χ4n) is 1.97. The smallest absolute Gasteiger partial charge is 0.316 e. The first-order chi connectivity index (χ1) is 6.63. The van der Waals surface area contributed by atoms with Crippen LogP contribution in [-0.4, -0.2) is 47.5 Å². The quantitative estimate of drug-likeness (QED) is 0.601. The summed E-state index contributed by atoms with van der Waals surface area (Å²) < 4.78 is 0. The number of amides is 3. The number of hydrogen-bond acceptors (Lipinski definition) is 3. The second-order valence-electron chi connectivity index (χ2n) is 3.89. The highest BCUT2D eigenvalue weighted by Crippen LogP contribution is 2.21. The lowest BCUT2D eigenvalue weighted by molar-refractivity contribution is -0.129. The third-order valence-electron chi connectivity index (χ3n) is 3.03. The average Bonchev–Trinajstić information content (AvgIpc) is 2.73. The number of nitrogens with zero attached hydrogens (tertiary/aromatic N) is 2. The van der Waals surface area contributed by atoms with Crippen LogP contribution in [0.15, 0.2) is 0 Å². The molecule has 0 saturated carbocycles. The van der Waals surface area contributed by atoms with Crippen molar-refractivity contribution in [2.75, 3.05) is 13.6 Å². The summed E-state index contributed by atoms with van der Waals surface area (Å²) >= 11 is 0. The molecule has 0 bridgehead atoms. The van der Waals surface area contributed by atoms with Gasteiger partial charge in [-0.25, -0.2) is 9.69 Å². The Kier molecular flexibility index (Phi) is 2.19. The van der Waals surface area contributed by atoms with Crippen molar-refractivity contribution < 1.29 is 9.59 Å². The Morgan fingerprint density at radius 3 is 2.57 bits per heavy atom. The van der Waals surface area contributed by atoms with Gasteiger partial charge in [0.25, 0.3) is 5.91 Å². The number of imide groups is 1. The van der Waals surface area contributed by atoms with Gasteiger partial charge in [0, 0.05) is 7.05 Å². The van der Waals surface area contributed by atoms with Gasteiger partial charge in [-0.3, -0.25) is 10.1 Å². The van der Waals surface area contributed by atoms with Crippen molar-refractivity contribution in [2.24, 2.45) is 0 Å². The Morgan fingerprint density at radius 1 is 1.43 bits per heavy atom. The van der Waals surface area contributed by atoms with E-state index in [2.05, 4.69) is 5.32 Å². The van der Waals surface area contributed by atoms with Gasteiger partial charge in [-0.15, -0.1) is 0 Å². The first-order valence-electron chi connectivity index (χ1n) is 4.96. The minimum Gasteiger partial charge on any atom is -0.316 e. The molecule has 0 aromatic carbocycles. The second-order valence-corrected chi connectivity index (χ2v) is 3.89. The Bertz CT molecular complexity index is 253. The lowest BCUT2D eigenvalue weighted by Crippen LogP contribution is -2.46. The molecule has 2 saturated heterocycles. The first-order valence-corrected chi connectivity index (χ1v) is 4.96. The molecule has 0 aromatic heterocycles. The number of hydrogen-bond donors (Lipinski definition) is 1. The van der Waals surface area contributed by atoms with Crippen LogP contribution >= 0.6 is 0 Å². The molecule has 2 fully saturated rings. The van der Waals surface area contributed by atoms with Crippen molar-refractivity contribution in [2.45, 2.75) is 32.0 Å². The number of rotatable bonds is 1. The molecule has 1 N–H and O–H groups in total. The molecule has 78 valence electrons. The zero-order valence-corrected chi connectivity index (χ0v) is 8.49. The molecule has 2 rings (SSSR count). The normalized spacial score (nSPS) is 33.3. The molecule has 2 unspecified atom stereocenters. The molecule has 5 heteroatoms. The van der Waals surface area contributed by atoms with Crippen molar-refractivity contribution in [1.29, 1.82) is 0 Å². The highest BCUT2D eigenvalue weighted by molar-refractivity contribution is 6.04. The summed E-state index contributed by atoms with van der Waals surface area (Å²) in [5.74, 6) is -0.0862. The summed E-state index contributed by atoms with van der Waals surface area (Å²) in [4.78, 5) is 26.3. The van der Waals surface area contributed by atoms with Crippen LogP contribution in [0.2, 0.25) is 0 Å². The summed E-state index contributed by atoms with van der Waals surface area (Å²) in [6.07, 6.45) is 1.82. The summed E-state index contributed by atoms with van der Waals surface area (Å²) in [5.41, 5.74) is 0. The van der Waals surface area contributed by atoms with E-state index >= 15 is 0 Å². The minimum absolute atomic E-state index is 0.0811. The van der Waals surface area contributed by atoms with E-state index in [9.17, 15) is 9.59 Å². The lowest BCUT2D eigenvalue weighted by Gasteiger charge is -2.21. The van der Waals surface area contributed by atoms with Gasteiger partial charge >= 0.3 is 6.03 Å². The Morgan fingerprint density at radius 2 is 2.14 bits per heavy atom. The number of nitrogens with one attached hydrogen (secondary N) is 1. The third kappa shape index (κ3) is 1.19. The van der Waals surface area contributed by atoms with Gasteiger partial charge in [0.1, 0.15) is 6.04 Å². The number of likely N-dealkylation sites (N-methyl/N-ethyl adjacent to an activating group) is 1. The van der Waals surface area contributed by atoms with Gasteiger partial charge in [0.15, 0.2) is 0 Å². The summed E-state index contributed by atoms with van der Waals surface area (Å²) in [6.45, 7) is 2.65. The van der Waals surface area contributed by atoms with Crippen LogP contribution in [0.1, 0.15) is 19.8 Å². The standard InChI is InChI=1S/C9H15N3O2/c1-6-8(13)12(9(14)11(6)2)7-4-3-5-10-7/h6-7,10H,3-5H2,1-2H3. The molecule has 2 aliphatic rings. The molecular weight excluding hydrogens is 182 g/mol. The molecule has 2 atom stereocenters. The fraction of sp³-hybridized carbons (Fsp3) is 0.778. The number of urea groups is 1. The molecule has 0 aromatic rings. The summed E-state index contributed by atoms with van der Waals surface area (Å²) in [7, 11) is 1.67. The molecule has 0 radical (unpaired) electrons. The Balaban J connectivity index is 2.18. The van der Waals surface area contributed by atoms with E-state index in [1.54, 1.807) is 14.0 Å². The molecule has 5 nitrogen and oxygen atoms in total. The van der Waals surface area contributed by atoms with Crippen LogP contribution < -0.4 is 5.32 Å². The minimum atomic E-state index is -0.315. The van der Waals surface area contributed by atoms with Crippen LogP contribution in [0.4, 0.5) is 4.79 Å². The van der Waals surface area contributed by atoms with E-state index in [-0.39, 0.29) is 24.1 Å². The topological polar surface area (TPSA) is 52.7 Å². The van der Waals surface area contributed by atoms with Crippen LogP contribution in [-0.2, 0) is 4.79 Å². The Hall–Kier alpha value is -1.10. The molecule has 0 aliphatic carbocycles. The SMILES string of the molecule is CC1C(=O)N(C2CCCN2)C(=O)N1C. The van der Waals surface area contributed by atoms with E-state index in [0.717, 1.165) is 19.4 Å². The summed E-state index contributed by atoms with van der Waals surface area (Å²) in [5, 5.41) is 3.16. The van der Waals surface area contributed by atoms with Crippen molar-refractivity contribution in [1.82, 2.24) is 15.1 Å². The van der Waals surface area contributed by atoms with E-state index in [1.807, 2.05) is 0 Å². The Labute approximate surface area is 83.0 Å². The maximum atomic E-state index is 11.7. The molecule has 2 heterocycles. The summed E-state index contributed by atoms with van der Waals surface area (Å²) in [6, 6.07) is -0.494. The zero-order valence-electron chi connectivity index (χ0n) is 8.49. The molecular formula is C9H15N3O2. The van der Waals surface area contributed by atoms with Crippen LogP contribution in [0, 0.1) is 0 Å². The van der Waals surface area contributed by atoms with Crippen molar-refractivity contribution in [3.63, 3.8) is 0 Å². The van der Waals surface area contributed by atoms with Gasteiger partial charge in [0.2, 0.25) is 0 Å². The van der Waals surface area contributed by atoms with Crippen LogP contribution in [0.3, 0.4) is 0 Å². The first kappa shape index (κ1) is 9.45. The number of carbonyl (C=O) groups is 2. The van der Waals surface area contributed by atoms with Gasteiger partial charge in [-0.1, -0.05) is 0 Å². The molecule has 0 spiro atoms. The van der Waals surface area contributed by atoms with Gasteiger partial charge in [0.05, 0.1) is 6.17 Å². The molecule has 3 amide bonds. The average molecular weight is 197 g/mol. The van der Waals surface area contributed by atoms with Crippen molar-refractivity contribution >= 4 is 11.9 Å². The van der Waals surface area contributed by atoms with Crippen LogP contribution in [0.25, 0.3) is 0 Å². The van der Waals surface area contributed by atoms with Gasteiger partial charge < -0.3 is 4.90 Å². The van der Waals surface area contributed by atoms with E-state index < -0.39 is 0 Å². The maximum absolute atomic E-state index is 11.7.